The van der Waals surface area contributed by atoms with E-state index in [1.165, 1.54) is 12.1 Å². The molecule has 0 aromatic heterocycles. The molecule has 0 aliphatic heterocycles. The predicted octanol–water partition coefficient (Wildman–Crippen LogP) is 0.834. The van der Waals surface area contributed by atoms with Crippen molar-refractivity contribution in [1.29, 1.82) is 0 Å². The maximum absolute atomic E-state index is 13.0. The van der Waals surface area contributed by atoms with Gasteiger partial charge in [-0.05, 0) is 18.2 Å². The Hall–Kier alpha value is -1.86. The Kier molecular flexibility index (Phi) is 3.21. The van der Waals surface area contributed by atoms with E-state index in [0.717, 1.165) is 6.07 Å². The van der Waals surface area contributed by atoms with E-state index >= 15 is 0 Å². The number of rotatable bonds is 1. The lowest BCUT2D eigenvalue weighted by molar-refractivity contribution is 0.0692. The maximum atomic E-state index is 13.0. The fourth-order valence-corrected chi connectivity index (χ4v) is 0.919. The third-order valence-corrected chi connectivity index (χ3v) is 1.53. The molecular weight excluding hydrogens is 185 g/mol. The number of carboxylic acids is 1. The molecule has 1 aromatic carbocycles. The van der Waals surface area contributed by atoms with Gasteiger partial charge in [-0.25, -0.2) is 9.18 Å². The summed E-state index contributed by atoms with van der Waals surface area (Å²) in [7, 11) is 0. The van der Waals surface area contributed by atoms with Gasteiger partial charge in [0.2, 0.25) is 0 Å². The van der Waals surface area contributed by atoms with Crippen LogP contribution in [0.1, 0.15) is 15.9 Å². The van der Waals surface area contributed by atoms with Crippen LogP contribution in [0.5, 0.6) is 0 Å². The Morgan fingerprint density at radius 1 is 1.57 bits per heavy atom. The number of nitrogens with two attached hydrogens (primary N) is 1. The fourth-order valence-electron chi connectivity index (χ4n) is 0.919. The van der Waals surface area contributed by atoms with Crippen LogP contribution in [0.2, 0.25) is 0 Å². The first-order chi connectivity index (χ1) is 6.65. The van der Waals surface area contributed by atoms with Gasteiger partial charge < -0.3 is 10.8 Å². The molecule has 0 amide bonds. The van der Waals surface area contributed by atoms with Crippen LogP contribution in [0.4, 0.5) is 4.39 Å². The third kappa shape index (κ3) is 2.31. The van der Waals surface area contributed by atoms with Crippen molar-refractivity contribution < 1.29 is 14.3 Å². The van der Waals surface area contributed by atoms with E-state index in [2.05, 4.69) is 11.8 Å². The van der Waals surface area contributed by atoms with E-state index in [0.29, 0.717) is 5.56 Å². The molecule has 3 nitrogen and oxygen atoms in total. The molecule has 14 heavy (non-hydrogen) atoms. The summed E-state index contributed by atoms with van der Waals surface area (Å²) in [6.07, 6.45) is 0. The van der Waals surface area contributed by atoms with Crippen LogP contribution < -0.4 is 5.73 Å². The first-order valence-electron chi connectivity index (χ1n) is 3.87. The smallest absolute Gasteiger partial charge is 0.338 e. The van der Waals surface area contributed by atoms with Crippen molar-refractivity contribution >= 4 is 5.97 Å². The molecular formula is C10H8FNO2. The van der Waals surface area contributed by atoms with E-state index < -0.39 is 11.8 Å². The molecule has 4 heteroatoms. The monoisotopic (exact) mass is 193 g/mol. The summed E-state index contributed by atoms with van der Waals surface area (Å²) in [6, 6.07) is 3.69. The molecule has 0 unspecified atom stereocenters. The Morgan fingerprint density at radius 2 is 2.29 bits per heavy atom. The minimum Gasteiger partial charge on any atom is -0.478 e. The fraction of sp³-hybridized carbons (Fsp3) is 0.100. The summed E-state index contributed by atoms with van der Waals surface area (Å²) in [5.41, 5.74) is 5.19. The van der Waals surface area contributed by atoms with Crippen molar-refractivity contribution in [2.75, 3.05) is 6.54 Å². The normalized spacial score (nSPS) is 9.00. The summed E-state index contributed by atoms with van der Waals surface area (Å²) in [5.74, 6) is 3.07. The zero-order valence-electron chi connectivity index (χ0n) is 7.25. The molecule has 3 N–H and O–H groups in total. The highest BCUT2D eigenvalue weighted by Gasteiger charge is 2.09. The SMILES string of the molecule is NCC#Cc1ccc(C(=O)O)c(F)c1. The highest BCUT2D eigenvalue weighted by Crippen LogP contribution is 2.09. The highest BCUT2D eigenvalue weighted by molar-refractivity contribution is 5.88. The summed E-state index contributed by atoms with van der Waals surface area (Å²) in [4.78, 5) is 10.5. The average molecular weight is 193 g/mol. The Labute approximate surface area is 80.4 Å². The van der Waals surface area contributed by atoms with Crippen LogP contribution >= 0.6 is 0 Å². The van der Waals surface area contributed by atoms with Crippen molar-refractivity contribution in [2.45, 2.75) is 0 Å². The molecule has 1 rings (SSSR count). The maximum Gasteiger partial charge on any atom is 0.338 e. The molecule has 1 aromatic rings. The van der Waals surface area contributed by atoms with Crippen LogP contribution in [-0.2, 0) is 0 Å². The summed E-state index contributed by atoms with van der Waals surface area (Å²) < 4.78 is 13.0. The summed E-state index contributed by atoms with van der Waals surface area (Å²) in [5, 5.41) is 8.54. The van der Waals surface area contributed by atoms with Gasteiger partial charge >= 0.3 is 5.97 Å². The van der Waals surface area contributed by atoms with Crippen molar-refractivity contribution in [3.8, 4) is 11.8 Å². The van der Waals surface area contributed by atoms with Gasteiger partial charge in [0.15, 0.2) is 0 Å². The van der Waals surface area contributed by atoms with E-state index in [-0.39, 0.29) is 12.1 Å². The lowest BCUT2D eigenvalue weighted by Crippen LogP contribution is -2.00. The van der Waals surface area contributed by atoms with Gasteiger partial charge in [0.25, 0.3) is 0 Å². The largest absolute Gasteiger partial charge is 0.478 e. The van der Waals surface area contributed by atoms with Crippen LogP contribution in [0.15, 0.2) is 18.2 Å². The summed E-state index contributed by atoms with van der Waals surface area (Å²) in [6.45, 7) is 0.183. The van der Waals surface area contributed by atoms with E-state index in [9.17, 15) is 9.18 Å². The third-order valence-electron chi connectivity index (χ3n) is 1.53. The molecule has 0 aliphatic carbocycles. The Bertz CT molecular complexity index is 418. The van der Waals surface area contributed by atoms with Crippen LogP contribution in [-0.4, -0.2) is 17.6 Å². The molecule has 72 valence electrons. The zero-order valence-corrected chi connectivity index (χ0v) is 7.25. The minimum absolute atomic E-state index is 0.183. The van der Waals surface area contributed by atoms with Crippen molar-refractivity contribution in [2.24, 2.45) is 5.73 Å². The van der Waals surface area contributed by atoms with Crippen LogP contribution in [0.25, 0.3) is 0 Å². The highest BCUT2D eigenvalue weighted by atomic mass is 19.1. The quantitative estimate of drug-likeness (QED) is 0.649. The van der Waals surface area contributed by atoms with E-state index in [1.807, 2.05) is 0 Å². The second kappa shape index (κ2) is 4.40. The molecule has 0 radical (unpaired) electrons. The number of carbonyl (C=O) groups is 1. The number of benzene rings is 1. The van der Waals surface area contributed by atoms with E-state index in [4.69, 9.17) is 10.8 Å². The predicted molar refractivity (Wildman–Crippen MR) is 49.3 cm³/mol. The average Bonchev–Trinajstić information content (AvgIpc) is 2.14. The number of hydrogen-bond acceptors (Lipinski definition) is 2. The summed E-state index contributed by atoms with van der Waals surface area (Å²) >= 11 is 0. The van der Waals surface area contributed by atoms with Crippen molar-refractivity contribution in [3.63, 3.8) is 0 Å². The number of aromatic carboxylic acids is 1. The molecule has 0 fully saturated rings. The molecule has 0 spiro atoms. The van der Waals surface area contributed by atoms with Gasteiger partial charge in [-0.15, -0.1) is 0 Å². The van der Waals surface area contributed by atoms with Crippen LogP contribution in [0.3, 0.4) is 0 Å². The number of carboxylic acid groups (broad SMARTS) is 1. The van der Waals surface area contributed by atoms with Gasteiger partial charge in [0.05, 0.1) is 12.1 Å². The lowest BCUT2D eigenvalue weighted by atomic mass is 10.1. The van der Waals surface area contributed by atoms with Gasteiger partial charge in [-0.3, -0.25) is 0 Å². The second-order valence-corrected chi connectivity index (χ2v) is 2.51. The molecule has 0 atom stereocenters. The minimum atomic E-state index is -1.29. The molecule has 0 saturated carbocycles. The van der Waals surface area contributed by atoms with Crippen LogP contribution in [0, 0.1) is 17.7 Å². The van der Waals surface area contributed by atoms with E-state index in [1.54, 1.807) is 0 Å². The Balaban J connectivity index is 3.06. The molecule has 0 heterocycles. The Morgan fingerprint density at radius 3 is 2.79 bits per heavy atom. The first kappa shape index (κ1) is 10.2. The van der Waals surface area contributed by atoms with Gasteiger partial charge in [-0.1, -0.05) is 11.8 Å². The molecule has 0 bridgehead atoms. The lowest BCUT2D eigenvalue weighted by Gasteiger charge is -1.96. The topological polar surface area (TPSA) is 63.3 Å². The number of halogens is 1. The van der Waals surface area contributed by atoms with Crippen molar-refractivity contribution in [3.05, 3.63) is 35.1 Å². The van der Waals surface area contributed by atoms with Gasteiger partial charge in [0, 0.05) is 5.56 Å². The van der Waals surface area contributed by atoms with Crippen molar-refractivity contribution in [1.82, 2.24) is 0 Å². The first-order valence-corrected chi connectivity index (χ1v) is 3.87. The second-order valence-electron chi connectivity index (χ2n) is 2.51. The number of hydrogen-bond donors (Lipinski definition) is 2. The van der Waals surface area contributed by atoms with Gasteiger partial charge in [-0.2, -0.15) is 0 Å². The molecule has 0 saturated heterocycles. The van der Waals surface area contributed by atoms with Gasteiger partial charge in [0.1, 0.15) is 5.82 Å². The standard InChI is InChI=1S/C10H8FNO2/c11-9-6-7(2-1-5-12)3-4-8(9)10(13)14/h3-4,6H,5,12H2,(H,13,14). The zero-order chi connectivity index (χ0) is 10.6. The molecule has 0 aliphatic rings.